The van der Waals surface area contributed by atoms with Gasteiger partial charge in [0.25, 0.3) is 0 Å². The molecule has 1 aliphatic carbocycles. The summed E-state index contributed by atoms with van der Waals surface area (Å²) in [6.45, 7) is 7.57. The van der Waals surface area contributed by atoms with Crippen LogP contribution in [0.1, 0.15) is 51.3 Å². The molecule has 0 fully saturated rings. The highest BCUT2D eigenvalue weighted by molar-refractivity contribution is 5.92. The standard InChI is InChI=1S/C8H11N.C6H8O.C3H6F2/c1-3-8-5-4-7(2)9-6-8;1-5-2-3-6(7)4-5;1-2-3(4)5/h4-6H,3H2,1-2H3;4H,2-3H2,1H3;3H,2H2,1H3. The first-order valence-corrected chi connectivity index (χ1v) is 7.28. The van der Waals surface area contributed by atoms with Gasteiger partial charge in [0.05, 0.1) is 0 Å². The molecule has 0 spiro atoms. The Hall–Kier alpha value is -1.58. The van der Waals surface area contributed by atoms with Crippen LogP contribution in [0.4, 0.5) is 8.78 Å². The van der Waals surface area contributed by atoms with Crippen molar-refractivity contribution in [2.45, 2.75) is 59.8 Å². The van der Waals surface area contributed by atoms with Crippen molar-refractivity contribution in [1.82, 2.24) is 4.98 Å². The number of carbonyl (C=O) groups is 1. The molecule has 0 amide bonds. The molecule has 0 N–H and O–H groups in total. The van der Waals surface area contributed by atoms with Crippen LogP contribution in [0.2, 0.25) is 0 Å². The van der Waals surface area contributed by atoms with E-state index in [1.807, 2.05) is 26.1 Å². The van der Waals surface area contributed by atoms with E-state index in [4.69, 9.17) is 0 Å². The van der Waals surface area contributed by atoms with Crippen molar-refractivity contribution in [3.8, 4) is 0 Å². The molecule has 0 saturated carbocycles. The van der Waals surface area contributed by atoms with Crippen LogP contribution in [0, 0.1) is 6.92 Å². The maximum Gasteiger partial charge on any atom is 0.238 e. The molecule has 0 atom stereocenters. The molecular formula is C17H25F2NO. The first-order chi connectivity index (χ1) is 9.88. The van der Waals surface area contributed by atoms with Crippen molar-refractivity contribution in [2.24, 2.45) is 0 Å². The summed E-state index contributed by atoms with van der Waals surface area (Å²) >= 11 is 0. The van der Waals surface area contributed by atoms with Gasteiger partial charge in [0.15, 0.2) is 5.78 Å². The fourth-order valence-corrected chi connectivity index (χ4v) is 1.45. The first kappa shape index (κ1) is 19.4. The summed E-state index contributed by atoms with van der Waals surface area (Å²) in [6, 6.07) is 4.15. The van der Waals surface area contributed by atoms with Gasteiger partial charge in [0, 0.05) is 24.7 Å². The Morgan fingerprint density at radius 2 is 1.81 bits per heavy atom. The Balaban J connectivity index is 0.000000300. The third-order valence-electron chi connectivity index (χ3n) is 2.86. The molecule has 1 aromatic rings. The predicted octanol–water partition coefficient (Wildman–Crippen LogP) is 4.91. The molecule has 2 nitrogen and oxygen atoms in total. The zero-order valence-electron chi connectivity index (χ0n) is 13.3. The van der Waals surface area contributed by atoms with Crippen LogP contribution in [0.5, 0.6) is 0 Å². The Morgan fingerprint density at radius 1 is 1.19 bits per heavy atom. The highest BCUT2D eigenvalue weighted by atomic mass is 19.3. The molecule has 0 aliphatic heterocycles. The van der Waals surface area contributed by atoms with E-state index in [1.165, 1.54) is 18.1 Å². The summed E-state index contributed by atoms with van der Waals surface area (Å²) in [4.78, 5) is 14.5. The van der Waals surface area contributed by atoms with Crippen molar-refractivity contribution in [3.63, 3.8) is 0 Å². The lowest BCUT2D eigenvalue weighted by molar-refractivity contribution is -0.114. The van der Waals surface area contributed by atoms with E-state index in [0.717, 1.165) is 25.0 Å². The first-order valence-electron chi connectivity index (χ1n) is 7.28. The Kier molecular flexibility index (Phi) is 10.3. The fourth-order valence-electron chi connectivity index (χ4n) is 1.45. The summed E-state index contributed by atoms with van der Waals surface area (Å²) in [7, 11) is 0. The number of hydrogen-bond donors (Lipinski definition) is 0. The van der Waals surface area contributed by atoms with Crippen LogP contribution in [-0.2, 0) is 11.2 Å². The normalized spacial score (nSPS) is 13.1. The van der Waals surface area contributed by atoms with Crippen LogP contribution < -0.4 is 0 Å². The van der Waals surface area contributed by atoms with Crippen LogP contribution in [0.15, 0.2) is 30.0 Å². The molecule has 1 heterocycles. The number of rotatable bonds is 2. The summed E-state index contributed by atoms with van der Waals surface area (Å²) in [5.41, 5.74) is 3.62. The minimum atomic E-state index is -2.12. The van der Waals surface area contributed by atoms with Gasteiger partial charge >= 0.3 is 0 Å². The highest BCUT2D eigenvalue weighted by Gasteiger charge is 2.05. The van der Waals surface area contributed by atoms with Crippen LogP contribution in [0.25, 0.3) is 0 Å². The van der Waals surface area contributed by atoms with Gasteiger partial charge < -0.3 is 0 Å². The van der Waals surface area contributed by atoms with Crippen LogP contribution in [-0.4, -0.2) is 17.2 Å². The number of aromatic nitrogens is 1. The van der Waals surface area contributed by atoms with Gasteiger partial charge in [0.1, 0.15) is 0 Å². The minimum Gasteiger partial charge on any atom is -0.295 e. The number of aryl methyl sites for hydroxylation is 2. The number of nitrogens with zero attached hydrogens (tertiary/aromatic N) is 1. The Bertz CT molecular complexity index is 439. The van der Waals surface area contributed by atoms with Gasteiger partial charge in [-0.15, -0.1) is 0 Å². The number of ketones is 1. The van der Waals surface area contributed by atoms with Gasteiger partial charge in [-0.1, -0.05) is 25.5 Å². The third kappa shape index (κ3) is 10.8. The lowest BCUT2D eigenvalue weighted by atomic mass is 10.2. The predicted molar refractivity (Wildman–Crippen MR) is 82.6 cm³/mol. The van der Waals surface area contributed by atoms with E-state index in [1.54, 1.807) is 6.08 Å². The van der Waals surface area contributed by atoms with E-state index in [9.17, 15) is 13.6 Å². The molecule has 0 aromatic carbocycles. The monoisotopic (exact) mass is 297 g/mol. The molecule has 1 aromatic heterocycles. The van der Waals surface area contributed by atoms with Crippen molar-refractivity contribution in [1.29, 1.82) is 0 Å². The van der Waals surface area contributed by atoms with E-state index in [0.29, 0.717) is 0 Å². The molecule has 21 heavy (non-hydrogen) atoms. The lowest BCUT2D eigenvalue weighted by Gasteiger charge is -1.93. The third-order valence-corrected chi connectivity index (χ3v) is 2.86. The number of carbonyl (C=O) groups excluding carboxylic acids is 1. The van der Waals surface area contributed by atoms with E-state index in [2.05, 4.69) is 18.0 Å². The molecular weight excluding hydrogens is 272 g/mol. The van der Waals surface area contributed by atoms with Crippen LogP contribution in [0.3, 0.4) is 0 Å². The average Bonchev–Trinajstić information content (AvgIpc) is 2.84. The summed E-state index contributed by atoms with van der Waals surface area (Å²) < 4.78 is 21.5. The van der Waals surface area contributed by atoms with E-state index < -0.39 is 6.43 Å². The van der Waals surface area contributed by atoms with Gasteiger partial charge in [-0.3, -0.25) is 9.78 Å². The second-order valence-corrected chi connectivity index (χ2v) is 4.92. The number of alkyl halides is 2. The molecule has 0 radical (unpaired) electrons. The molecule has 118 valence electrons. The van der Waals surface area contributed by atoms with E-state index in [-0.39, 0.29) is 12.2 Å². The van der Waals surface area contributed by atoms with Gasteiger partial charge in [-0.2, -0.15) is 0 Å². The smallest absolute Gasteiger partial charge is 0.238 e. The quantitative estimate of drug-likeness (QED) is 0.776. The lowest BCUT2D eigenvalue weighted by Crippen LogP contribution is -1.83. The second kappa shape index (κ2) is 11.1. The molecule has 4 heteroatoms. The highest BCUT2D eigenvalue weighted by Crippen LogP contribution is 2.12. The van der Waals surface area contributed by atoms with E-state index >= 15 is 0 Å². The fraction of sp³-hybridized carbons (Fsp3) is 0.529. The number of pyridine rings is 1. The maximum absolute atomic E-state index is 10.8. The second-order valence-electron chi connectivity index (χ2n) is 4.92. The number of allylic oxidation sites excluding steroid dienone is 2. The summed E-state index contributed by atoms with van der Waals surface area (Å²) in [5, 5.41) is 0. The van der Waals surface area contributed by atoms with Crippen molar-refractivity contribution in [3.05, 3.63) is 41.2 Å². The molecule has 1 aliphatic rings. The minimum absolute atomic E-state index is 0.0278. The largest absolute Gasteiger partial charge is 0.295 e. The van der Waals surface area contributed by atoms with Gasteiger partial charge in [0.2, 0.25) is 6.43 Å². The molecule has 2 rings (SSSR count). The molecule has 0 unspecified atom stereocenters. The number of halogens is 2. The SMILES string of the molecule is CC1=CC(=O)CC1.CCC(F)F.CCc1ccc(C)nc1. The van der Waals surface area contributed by atoms with Crippen LogP contribution >= 0.6 is 0 Å². The van der Waals surface area contributed by atoms with Crippen molar-refractivity contribution >= 4 is 5.78 Å². The Morgan fingerprint density at radius 3 is 2.05 bits per heavy atom. The van der Waals surface area contributed by atoms with Crippen molar-refractivity contribution in [2.75, 3.05) is 0 Å². The summed E-state index contributed by atoms with van der Waals surface area (Å²) in [6.07, 6.45) is 4.31. The zero-order valence-corrected chi connectivity index (χ0v) is 13.3. The maximum atomic E-state index is 10.8. The summed E-state index contributed by atoms with van der Waals surface area (Å²) in [5.74, 6) is 0.289. The van der Waals surface area contributed by atoms with Gasteiger partial charge in [-0.25, -0.2) is 8.78 Å². The topological polar surface area (TPSA) is 30.0 Å². The number of hydrogen-bond acceptors (Lipinski definition) is 2. The zero-order chi connectivity index (χ0) is 16.3. The average molecular weight is 297 g/mol. The molecule has 0 saturated heterocycles. The van der Waals surface area contributed by atoms with Gasteiger partial charge in [-0.05, 0) is 44.4 Å². The Labute approximate surface area is 126 Å². The van der Waals surface area contributed by atoms with Crippen molar-refractivity contribution < 1.29 is 13.6 Å². The molecule has 0 bridgehead atoms.